The Hall–Kier alpha value is -2.63. The molecule has 28 heavy (non-hydrogen) atoms. The zero-order valence-corrected chi connectivity index (χ0v) is 15.8. The van der Waals surface area contributed by atoms with Gasteiger partial charge in [-0.3, -0.25) is 14.4 Å². The second-order valence-electron chi connectivity index (χ2n) is 9.01. The molecule has 4 aliphatic carbocycles. The van der Waals surface area contributed by atoms with Crippen LogP contribution in [0.1, 0.15) is 48.9 Å². The first kappa shape index (κ1) is 17.5. The summed E-state index contributed by atoms with van der Waals surface area (Å²) in [6.45, 7) is -0.104. The van der Waals surface area contributed by atoms with Crippen LogP contribution >= 0.6 is 0 Å². The third kappa shape index (κ3) is 3.01. The molecule has 0 unspecified atom stereocenters. The van der Waals surface area contributed by atoms with E-state index in [1.165, 1.54) is 25.5 Å². The molecule has 1 heterocycles. The van der Waals surface area contributed by atoms with Crippen molar-refractivity contribution >= 4 is 22.7 Å². The predicted octanol–water partition coefficient (Wildman–Crippen LogP) is 2.34. The van der Waals surface area contributed by atoms with E-state index in [0.717, 1.165) is 37.0 Å². The number of benzene rings is 1. The minimum absolute atomic E-state index is 0.0290. The molecule has 4 fully saturated rings. The molecular formula is C22H25N3O3. The van der Waals surface area contributed by atoms with Crippen molar-refractivity contribution in [1.29, 1.82) is 0 Å². The van der Waals surface area contributed by atoms with Crippen LogP contribution in [0.2, 0.25) is 0 Å². The maximum absolute atomic E-state index is 12.5. The number of pyridine rings is 1. The molecule has 1 aromatic heterocycles. The Balaban J connectivity index is 1.24. The molecule has 0 atom stereocenters. The first-order chi connectivity index (χ1) is 13.5. The average Bonchev–Trinajstić information content (AvgIpc) is 2.65. The van der Waals surface area contributed by atoms with Crippen LogP contribution < -0.4 is 16.1 Å². The van der Waals surface area contributed by atoms with Crippen molar-refractivity contribution in [3.05, 3.63) is 46.2 Å². The molecule has 0 radical (unpaired) electrons. The Labute approximate surface area is 163 Å². The van der Waals surface area contributed by atoms with E-state index in [1.54, 1.807) is 18.2 Å². The van der Waals surface area contributed by atoms with Gasteiger partial charge in [0.2, 0.25) is 11.3 Å². The third-order valence-corrected chi connectivity index (χ3v) is 6.89. The summed E-state index contributed by atoms with van der Waals surface area (Å²) in [6.07, 6.45) is 8.58. The van der Waals surface area contributed by atoms with Crippen molar-refractivity contribution < 1.29 is 9.59 Å². The van der Waals surface area contributed by atoms with E-state index in [0.29, 0.717) is 10.9 Å². The van der Waals surface area contributed by atoms with Crippen LogP contribution in [0.4, 0.5) is 0 Å². The lowest BCUT2D eigenvalue weighted by Gasteiger charge is -2.56. The molecule has 2 aromatic rings. The molecule has 1 aromatic carbocycles. The molecular weight excluding hydrogens is 354 g/mol. The molecule has 4 aliphatic rings. The number of H-pyrrole nitrogens is 1. The highest BCUT2D eigenvalue weighted by Gasteiger charge is 2.51. The van der Waals surface area contributed by atoms with Crippen LogP contribution in [0, 0.1) is 17.8 Å². The number of fused-ring (bicyclic) bond motifs is 1. The number of carbonyl (C=O) groups is 2. The Bertz CT molecular complexity index is 974. The zero-order valence-electron chi connectivity index (χ0n) is 15.8. The molecule has 146 valence electrons. The fourth-order valence-electron chi connectivity index (χ4n) is 6.20. The van der Waals surface area contributed by atoms with Gasteiger partial charge in [-0.25, -0.2) is 0 Å². The van der Waals surface area contributed by atoms with Gasteiger partial charge in [0.25, 0.3) is 5.91 Å². The maximum atomic E-state index is 12.5. The normalized spacial score (nSPS) is 30.4. The first-order valence-electron chi connectivity index (χ1n) is 10.2. The number of amides is 2. The number of aromatic nitrogens is 1. The highest BCUT2D eigenvalue weighted by molar-refractivity contribution is 5.98. The quantitative estimate of drug-likeness (QED) is 0.761. The smallest absolute Gasteiger partial charge is 0.257 e. The topological polar surface area (TPSA) is 91.1 Å². The van der Waals surface area contributed by atoms with Crippen molar-refractivity contribution in [2.45, 2.75) is 44.1 Å². The molecule has 0 saturated heterocycles. The summed E-state index contributed by atoms with van der Waals surface area (Å²) < 4.78 is 0. The van der Waals surface area contributed by atoms with Crippen LogP contribution in [0.15, 0.2) is 35.3 Å². The number of rotatable bonds is 4. The zero-order chi connectivity index (χ0) is 19.3. The lowest BCUT2D eigenvalue weighted by molar-refractivity contribution is -0.125. The van der Waals surface area contributed by atoms with Crippen molar-refractivity contribution in [1.82, 2.24) is 15.6 Å². The van der Waals surface area contributed by atoms with E-state index in [1.807, 2.05) is 6.07 Å². The summed E-state index contributed by atoms with van der Waals surface area (Å²) in [5.74, 6) is 1.56. The molecule has 3 N–H and O–H groups in total. The third-order valence-electron chi connectivity index (χ3n) is 6.89. The molecule has 4 saturated carbocycles. The molecule has 0 spiro atoms. The second kappa shape index (κ2) is 6.47. The summed E-state index contributed by atoms with van der Waals surface area (Å²) in [6, 6.07) is 7.06. The largest absolute Gasteiger partial charge is 0.360 e. The minimum atomic E-state index is -0.521. The standard InChI is InChI=1S/C22H25N3O3/c26-19(25-22-8-13-5-14(9-22)7-15(6-13)10-22)12-24-21(28)17-11-23-18-4-2-1-3-16(18)20(17)27/h1-4,11,13-15H,5-10,12H2,(H,23,27)(H,24,28)(H,25,26). The summed E-state index contributed by atoms with van der Waals surface area (Å²) in [5.41, 5.74) is 0.315. The fourth-order valence-corrected chi connectivity index (χ4v) is 6.20. The number of hydrogen-bond donors (Lipinski definition) is 3. The van der Waals surface area contributed by atoms with Gasteiger partial charge >= 0.3 is 0 Å². The van der Waals surface area contributed by atoms with Gasteiger partial charge < -0.3 is 15.6 Å². The Kier molecular flexibility index (Phi) is 4.03. The van der Waals surface area contributed by atoms with E-state index in [9.17, 15) is 14.4 Å². The monoisotopic (exact) mass is 379 g/mol. The molecule has 6 nitrogen and oxygen atoms in total. The number of carbonyl (C=O) groups excluding carboxylic acids is 2. The Morgan fingerprint density at radius 1 is 1.04 bits per heavy atom. The Morgan fingerprint density at radius 2 is 1.68 bits per heavy atom. The summed E-state index contributed by atoms with van der Waals surface area (Å²) in [4.78, 5) is 40.5. The summed E-state index contributed by atoms with van der Waals surface area (Å²) in [7, 11) is 0. The van der Waals surface area contributed by atoms with E-state index in [2.05, 4.69) is 15.6 Å². The lowest BCUT2D eigenvalue weighted by atomic mass is 9.53. The van der Waals surface area contributed by atoms with Gasteiger partial charge in [-0.05, 0) is 68.4 Å². The highest BCUT2D eigenvalue weighted by atomic mass is 16.2. The van der Waals surface area contributed by atoms with Gasteiger partial charge in [0.1, 0.15) is 5.56 Å². The van der Waals surface area contributed by atoms with Crippen molar-refractivity contribution in [3.8, 4) is 0 Å². The van der Waals surface area contributed by atoms with E-state index in [4.69, 9.17) is 0 Å². The van der Waals surface area contributed by atoms with E-state index < -0.39 is 5.91 Å². The van der Waals surface area contributed by atoms with Crippen LogP contribution in [-0.4, -0.2) is 28.9 Å². The number of nitrogens with one attached hydrogen (secondary N) is 3. The van der Waals surface area contributed by atoms with Crippen molar-refractivity contribution in [2.24, 2.45) is 17.8 Å². The number of hydrogen-bond acceptors (Lipinski definition) is 3. The molecule has 0 aliphatic heterocycles. The fraction of sp³-hybridized carbons (Fsp3) is 0.500. The van der Waals surface area contributed by atoms with Crippen molar-refractivity contribution in [2.75, 3.05) is 6.54 Å². The van der Waals surface area contributed by atoms with Crippen LogP contribution in [-0.2, 0) is 4.79 Å². The maximum Gasteiger partial charge on any atom is 0.257 e. The number of aromatic amines is 1. The predicted molar refractivity (Wildman–Crippen MR) is 106 cm³/mol. The van der Waals surface area contributed by atoms with Gasteiger partial charge in [-0.15, -0.1) is 0 Å². The van der Waals surface area contributed by atoms with Crippen LogP contribution in [0.3, 0.4) is 0 Å². The first-order valence-corrected chi connectivity index (χ1v) is 10.2. The van der Waals surface area contributed by atoms with Crippen LogP contribution in [0.25, 0.3) is 10.9 Å². The van der Waals surface area contributed by atoms with Gasteiger partial charge in [-0.1, -0.05) is 12.1 Å². The van der Waals surface area contributed by atoms with Crippen molar-refractivity contribution in [3.63, 3.8) is 0 Å². The van der Waals surface area contributed by atoms with Gasteiger partial charge in [0.15, 0.2) is 0 Å². The Morgan fingerprint density at radius 3 is 2.36 bits per heavy atom. The summed E-state index contributed by atoms with van der Waals surface area (Å²) >= 11 is 0. The molecule has 6 heteroatoms. The van der Waals surface area contributed by atoms with Gasteiger partial charge in [0.05, 0.1) is 6.54 Å². The van der Waals surface area contributed by atoms with E-state index in [-0.39, 0.29) is 29.0 Å². The SMILES string of the molecule is O=C(CNC(=O)c1c[nH]c2ccccc2c1=O)NC12CC3CC(CC(C3)C1)C2. The summed E-state index contributed by atoms with van der Waals surface area (Å²) in [5, 5.41) is 6.32. The number of para-hydroxylation sites is 1. The second-order valence-corrected chi connectivity index (χ2v) is 9.01. The van der Waals surface area contributed by atoms with Gasteiger partial charge in [-0.2, -0.15) is 0 Å². The molecule has 4 bridgehead atoms. The lowest BCUT2D eigenvalue weighted by Crippen LogP contribution is -2.61. The molecule has 2 amide bonds. The van der Waals surface area contributed by atoms with Crippen LogP contribution in [0.5, 0.6) is 0 Å². The molecule has 6 rings (SSSR count). The average molecular weight is 379 g/mol. The minimum Gasteiger partial charge on any atom is -0.360 e. The highest BCUT2D eigenvalue weighted by Crippen LogP contribution is 2.55. The van der Waals surface area contributed by atoms with Gasteiger partial charge in [0, 0.05) is 22.6 Å². The van der Waals surface area contributed by atoms with E-state index >= 15 is 0 Å².